The van der Waals surface area contributed by atoms with Crippen LogP contribution in [0.5, 0.6) is 0 Å². The van der Waals surface area contributed by atoms with Crippen molar-refractivity contribution in [2.24, 2.45) is 0 Å². The lowest BCUT2D eigenvalue weighted by molar-refractivity contribution is -0.140. The van der Waals surface area contributed by atoms with Crippen LogP contribution in [0.3, 0.4) is 0 Å². The maximum atomic E-state index is 13.2. The van der Waals surface area contributed by atoms with Gasteiger partial charge in [0.15, 0.2) is 0 Å². The number of carbonyl (C=O) groups excluding carboxylic acids is 2. The predicted molar refractivity (Wildman–Crippen MR) is 119 cm³/mol. The summed E-state index contributed by atoms with van der Waals surface area (Å²) in [5, 5.41) is 3.78. The van der Waals surface area contributed by atoms with E-state index in [1.54, 1.807) is 30.3 Å². The van der Waals surface area contributed by atoms with Crippen LogP contribution in [0.2, 0.25) is 10.0 Å². The van der Waals surface area contributed by atoms with Gasteiger partial charge in [-0.2, -0.15) is 0 Å². The van der Waals surface area contributed by atoms with Gasteiger partial charge in [-0.3, -0.25) is 9.59 Å². The standard InChI is InChI=1S/C23H27Cl2FN2O2/c1-3-5-13-27-23(30)21(4-2)28(15-18-19(24)7-6-8-20(18)25)22(29)14-16-9-11-17(26)12-10-16/h6-12,21H,3-5,13-15H2,1-2H3,(H,27,30). The number of amides is 2. The smallest absolute Gasteiger partial charge is 0.242 e. The summed E-state index contributed by atoms with van der Waals surface area (Å²) >= 11 is 12.6. The van der Waals surface area contributed by atoms with Crippen LogP contribution in [0.15, 0.2) is 42.5 Å². The number of hydrogen-bond acceptors (Lipinski definition) is 2. The molecule has 0 aliphatic heterocycles. The summed E-state index contributed by atoms with van der Waals surface area (Å²) < 4.78 is 13.2. The average Bonchev–Trinajstić information content (AvgIpc) is 2.71. The quantitative estimate of drug-likeness (QED) is 0.490. The molecule has 162 valence electrons. The Morgan fingerprint density at radius 2 is 1.70 bits per heavy atom. The van der Waals surface area contributed by atoms with Crippen molar-refractivity contribution in [2.45, 2.75) is 52.1 Å². The molecule has 0 aliphatic rings. The van der Waals surface area contributed by atoms with E-state index in [4.69, 9.17) is 23.2 Å². The zero-order chi connectivity index (χ0) is 22.1. The van der Waals surface area contributed by atoms with Gasteiger partial charge in [-0.1, -0.05) is 61.7 Å². The molecule has 0 aromatic heterocycles. The van der Waals surface area contributed by atoms with Gasteiger partial charge in [0, 0.05) is 28.7 Å². The summed E-state index contributed by atoms with van der Waals surface area (Å²) in [4.78, 5) is 27.6. The van der Waals surface area contributed by atoms with Crippen LogP contribution < -0.4 is 5.32 Å². The molecule has 2 aromatic rings. The Balaban J connectivity index is 2.30. The highest BCUT2D eigenvalue weighted by molar-refractivity contribution is 6.36. The fraction of sp³-hybridized carbons (Fsp3) is 0.391. The minimum Gasteiger partial charge on any atom is -0.354 e. The first kappa shape index (κ1) is 24.2. The number of nitrogens with zero attached hydrogens (tertiary/aromatic N) is 1. The van der Waals surface area contributed by atoms with Crippen molar-refractivity contribution in [2.75, 3.05) is 6.54 Å². The monoisotopic (exact) mass is 452 g/mol. The van der Waals surface area contributed by atoms with E-state index >= 15 is 0 Å². The summed E-state index contributed by atoms with van der Waals surface area (Å²) in [5.41, 5.74) is 1.26. The van der Waals surface area contributed by atoms with Crippen molar-refractivity contribution in [3.8, 4) is 0 Å². The molecule has 2 rings (SSSR count). The zero-order valence-corrected chi connectivity index (χ0v) is 18.8. The molecule has 0 saturated heterocycles. The van der Waals surface area contributed by atoms with Crippen molar-refractivity contribution < 1.29 is 14.0 Å². The average molecular weight is 453 g/mol. The Kier molecular flexibility index (Phi) is 9.60. The van der Waals surface area contributed by atoms with Gasteiger partial charge in [0.25, 0.3) is 0 Å². The number of halogens is 3. The maximum absolute atomic E-state index is 13.2. The first-order valence-corrected chi connectivity index (χ1v) is 10.9. The molecule has 0 radical (unpaired) electrons. The third-order valence-corrected chi connectivity index (χ3v) is 5.58. The van der Waals surface area contributed by atoms with Crippen molar-refractivity contribution in [3.05, 3.63) is 69.5 Å². The van der Waals surface area contributed by atoms with E-state index < -0.39 is 6.04 Å². The summed E-state index contributed by atoms with van der Waals surface area (Å²) in [6.07, 6.45) is 2.30. The minimum atomic E-state index is -0.665. The van der Waals surface area contributed by atoms with E-state index in [0.717, 1.165) is 12.8 Å². The second-order valence-corrected chi connectivity index (χ2v) is 7.91. The summed E-state index contributed by atoms with van der Waals surface area (Å²) in [5.74, 6) is -0.829. The van der Waals surface area contributed by atoms with E-state index in [9.17, 15) is 14.0 Å². The molecule has 30 heavy (non-hydrogen) atoms. The number of unbranched alkanes of at least 4 members (excludes halogenated alkanes) is 1. The highest BCUT2D eigenvalue weighted by Gasteiger charge is 2.29. The van der Waals surface area contributed by atoms with Gasteiger partial charge in [-0.05, 0) is 42.7 Å². The molecule has 0 fully saturated rings. The summed E-state index contributed by atoms with van der Waals surface area (Å²) in [7, 11) is 0. The highest BCUT2D eigenvalue weighted by atomic mass is 35.5. The fourth-order valence-electron chi connectivity index (χ4n) is 3.16. The third kappa shape index (κ3) is 6.71. The molecule has 2 amide bonds. The normalized spacial score (nSPS) is 11.8. The fourth-order valence-corrected chi connectivity index (χ4v) is 3.67. The van der Waals surface area contributed by atoms with Gasteiger partial charge in [-0.15, -0.1) is 0 Å². The van der Waals surface area contributed by atoms with Gasteiger partial charge in [0.05, 0.1) is 6.42 Å². The first-order valence-electron chi connectivity index (χ1n) is 10.1. The third-order valence-electron chi connectivity index (χ3n) is 4.87. The van der Waals surface area contributed by atoms with Gasteiger partial charge < -0.3 is 10.2 Å². The van der Waals surface area contributed by atoms with Crippen LogP contribution >= 0.6 is 23.2 Å². The Labute approximate surface area is 187 Å². The van der Waals surface area contributed by atoms with Gasteiger partial charge >= 0.3 is 0 Å². The first-order chi connectivity index (χ1) is 14.4. The Hall–Kier alpha value is -2.11. The zero-order valence-electron chi connectivity index (χ0n) is 17.3. The second kappa shape index (κ2) is 11.9. The molecule has 1 N–H and O–H groups in total. The van der Waals surface area contributed by atoms with Crippen LogP contribution in [0.1, 0.15) is 44.2 Å². The van der Waals surface area contributed by atoms with Gasteiger partial charge in [0.1, 0.15) is 11.9 Å². The molecule has 4 nitrogen and oxygen atoms in total. The second-order valence-electron chi connectivity index (χ2n) is 7.09. The largest absolute Gasteiger partial charge is 0.354 e. The number of benzene rings is 2. The number of hydrogen-bond donors (Lipinski definition) is 1. The molecule has 2 aromatic carbocycles. The van der Waals surface area contributed by atoms with E-state index in [2.05, 4.69) is 5.32 Å². The number of nitrogens with one attached hydrogen (secondary N) is 1. The topological polar surface area (TPSA) is 49.4 Å². The number of rotatable bonds is 10. The lowest BCUT2D eigenvalue weighted by atomic mass is 10.1. The van der Waals surface area contributed by atoms with Crippen molar-refractivity contribution in [3.63, 3.8) is 0 Å². The molecule has 1 atom stereocenters. The summed E-state index contributed by atoms with van der Waals surface area (Å²) in [6.45, 7) is 4.56. The lowest BCUT2D eigenvalue weighted by Gasteiger charge is -2.31. The SMILES string of the molecule is CCCCNC(=O)C(CC)N(Cc1c(Cl)cccc1Cl)C(=O)Cc1ccc(F)cc1. The van der Waals surface area contributed by atoms with E-state index in [1.165, 1.54) is 17.0 Å². The van der Waals surface area contributed by atoms with Crippen molar-refractivity contribution in [1.82, 2.24) is 10.2 Å². The lowest BCUT2D eigenvalue weighted by Crippen LogP contribution is -2.49. The van der Waals surface area contributed by atoms with Gasteiger partial charge in [-0.25, -0.2) is 4.39 Å². The molecule has 1 unspecified atom stereocenters. The van der Waals surface area contributed by atoms with Crippen molar-refractivity contribution >= 4 is 35.0 Å². The van der Waals surface area contributed by atoms with Crippen LogP contribution in [0.25, 0.3) is 0 Å². The molecule has 0 heterocycles. The van der Waals surface area contributed by atoms with E-state index in [0.29, 0.717) is 34.1 Å². The molecule has 0 aliphatic carbocycles. The Morgan fingerprint density at radius 3 is 2.27 bits per heavy atom. The van der Waals surface area contributed by atoms with Crippen LogP contribution in [0.4, 0.5) is 4.39 Å². The van der Waals surface area contributed by atoms with Crippen LogP contribution in [-0.2, 0) is 22.6 Å². The minimum absolute atomic E-state index is 0.0427. The van der Waals surface area contributed by atoms with Crippen LogP contribution in [-0.4, -0.2) is 29.3 Å². The van der Waals surface area contributed by atoms with Crippen molar-refractivity contribution in [1.29, 1.82) is 0 Å². The molecular formula is C23H27Cl2FN2O2. The molecule has 7 heteroatoms. The number of carbonyl (C=O) groups is 2. The van der Waals surface area contributed by atoms with Crippen LogP contribution in [0, 0.1) is 5.82 Å². The van der Waals surface area contributed by atoms with E-state index in [1.807, 2.05) is 13.8 Å². The predicted octanol–water partition coefficient (Wildman–Crippen LogP) is 5.40. The molecule has 0 spiro atoms. The van der Waals surface area contributed by atoms with Gasteiger partial charge in [0.2, 0.25) is 11.8 Å². The Morgan fingerprint density at radius 1 is 1.07 bits per heavy atom. The highest BCUT2D eigenvalue weighted by Crippen LogP contribution is 2.27. The summed E-state index contributed by atoms with van der Waals surface area (Å²) in [6, 6.07) is 10.2. The maximum Gasteiger partial charge on any atom is 0.242 e. The molecule has 0 bridgehead atoms. The molecule has 0 saturated carbocycles. The Bertz CT molecular complexity index is 839. The molecular weight excluding hydrogens is 426 g/mol. The van der Waals surface area contributed by atoms with E-state index in [-0.39, 0.29) is 30.6 Å².